The number of hydrogen-bond donors (Lipinski definition) is 0. The maximum Gasteiger partial charge on any atom is 0.167 e. The number of benzene rings is 8. The van der Waals surface area contributed by atoms with Crippen molar-refractivity contribution in [2.24, 2.45) is 0 Å². The number of halogens is 1. The third kappa shape index (κ3) is 5.20. The van der Waals surface area contributed by atoms with Crippen molar-refractivity contribution in [3.05, 3.63) is 181 Å². The molecule has 0 aliphatic heterocycles. The van der Waals surface area contributed by atoms with Crippen molar-refractivity contribution in [1.29, 1.82) is 0 Å². The van der Waals surface area contributed by atoms with Crippen LogP contribution < -0.4 is 0 Å². The monoisotopic (exact) mass is 724 g/mol. The van der Waals surface area contributed by atoms with Gasteiger partial charge in [0.05, 0.1) is 16.6 Å². The van der Waals surface area contributed by atoms with Crippen LogP contribution in [0.3, 0.4) is 0 Å². The van der Waals surface area contributed by atoms with Gasteiger partial charge in [0.15, 0.2) is 17.5 Å². The Morgan fingerprint density at radius 1 is 0.400 bits per heavy atom. The molecule has 0 aliphatic rings. The van der Waals surface area contributed by atoms with Gasteiger partial charge in [0, 0.05) is 48.8 Å². The third-order valence-electron chi connectivity index (χ3n) is 10.5. The predicted octanol–water partition coefficient (Wildman–Crippen LogP) is 13.3. The van der Waals surface area contributed by atoms with Crippen LogP contribution in [0.4, 0.5) is 0 Å². The Morgan fingerprint density at radius 3 is 1.82 bits per heavy atom. The molecule has 0 radical (unpaired) electrons. The second-order valence-electron chi connectivity index (χ2n) is 13.8. The average Bonchev–Trinajstić information content (AvgIpc) is 3.79. The number of aromatic nitrogens is 4. The Kier molecular flexibility index (Phi) is 7.15. The van der Waals surface area contributed by atoms with E-state index in [1.165, 1.54) is 5.39 Å². The second-order valence-corrected chi connectivity index (χ2v) is 14.2. The zero-order valence-electron chi connectivity index (χ0n) is 29.3. The highest BCUT2D eigenvalue weighted by molar-refractivity contribution is 6.32. The molecule has 0 amide bonds. The van der Waals surface area contributed by atoms with Crippen LogP contribution in [0, 0.1) is 0 Å². The number of hydrogen-bond acceptors (Lipinski definition) is 4. The fourth-order valence-electron chi connectivity index (χ4n) is 7.90. The summed E-state index contributed by atoms with van der Waals surface area (Å²) in [7, 11) is 0. The number of fused-ring (bicyclic) bond motifs is 8. The van der Waals surface area contributed by atoms with Crippen LogP contribution in [0.25, 0.3) is 105 Å². The largest absolute Gasteiger partial charge is 0.455 e. The molecule has 0 saturated carbocycles. The first kappa shape index (κ1) is 31.4. The van der Waals surface area contributed by atoms with Crippen molar-refractivity contribution in [3.8, 4) is 51.0 Å². The molecule has 0 bridgehead atoms. The van der Waals surface area contributed by atoms with E-state index in [1.807, 2.05) is 36.4 Å². The molecule has 11 rings (SSSR count). The summed E-state index contributed by atoms with van der Waals surface area (Å²) in [5, 5.41) is 6.95. The highest BCUT2D eigenvalue weighted by Crippen LogP contribution is 2.41. The van der Waals surface area contributed by atoms with Gasteiger partial charge in [0.1, 0.15) is 11.2 Å². The van der Waals surface area contributed by atoms with E-state index < -0.39 is 0 Å². The van der Waals surface area contributed by atoms with E-state index in [2.05, 4.69) is 144 Å². The van der Waals surface area contributed by atoms with Gasteiger partial charge in [-0.25, -0.2) is 15.0 Å². The lowest BCUT2D eigenvalue weighted by Crippen LogP contribution is -2.01. The average molecular weight is 725 g/mol. The Balaban J connectivity index is 1.15. The zero-order valence-corrected chi connectivity index (χ0v) is 30.1. The van der Waals surface area contributed by atoms with Gasteiger partial charge >= 0.3 is 0 Å². The quantitative estimate of drug-likeness (QED) is 0.177. The first-order chi connectivity index (χ1) is 27.2. The van der Waals surface area contributed by atoms with E-state index >= 15 is 0 Å². The molecule has 3 heterocycles. The molecule has 0 N–H and O–H groups in total. The fourth-order valence-corrected chi connectivity index (χ4v) is 8.12. The number of furan rings is 1. The highest BCUT2D eigenvalue weighted by Gasteiger charge is 2.21. The zero-order chi connectivity index (χ0) is 36.5. The number of para-hydroxylation sites is 2. The van der Waals surface area contributed by atoms with Crippen LogP contribution in [0.2, 0.25) is 5.02 Å². The molecular weight excluding hydrogens is 696 g/mol. The van der Waals surface area contributed by atoms with E-state index in [0.717, 1.165) is 71.5 Å². The molecule has 8 aromatic carbocycles. The summed E-state index contributed by atoms with van der Waals surface area (Å²) < 4.78 is 9.06. The van der Waals surface area contributed by atoms with Gasteiger partial charge in [-0.1, -0.05) is 145 Å². The lowest BCUT2D eigenvalue weighted by atomic mass is 10.0. The summed E-state index contributed by atoms with van der Waals surface area (Å²) >= 11 is 6.90. The molecule has 6 heteroatoms. The minimum atomic E-state index is 0.478. The van der Waals surface area contributed by atoms with Crippen LogP contribution in [-0.2, 0) is 0 Å². The van der Waals surface area contributed by atoms with Crippen LogP contribution in [0.5, 0.6) is 0 Å². The normalized spacial score (nSPS) is 11.7. The van der Waals surface area contributed by atoms with Crippen LogP contribution in [0.15, 0.2) is 180 Å². The molecular formula is C49H29ClN4O. The highest BCUT2D eigenvalue weighted by atomic mass is 35.5. The molecule has 0 fully saturated rings. The van der Waals surface area contributed by atoms with Gasteiger partial charge in [-0.15, -0.1) is 0 Å². The molecule has 258 valence electrons. The molecule has 0 unspecified atom stereocenters. The Labute approximate surface area is 320 Å². The van der Waals surface area contributed by atoms with E-state index in [9.17, 15) is 0 Å². The van der Waals surface area contributed by atoms with Crippen molar-refractivity contribution in [1.82, 2.24) is 19.5 Å². The maximum atomic E-state index is 6.90. The maximum absolute atomic E-state index is 6.90. The number of rotatable bonds is 5. The Hall–Kier alpha value is -7.08. The van der Waals surface area contributed by atoms with Gasteiger partial charge in [0.25, 0.3) is 0 Å². The summed E-state index contributed by atoms with van der Waals surface area (Å²) in [6, 6.07) is 60.5. The third-order valence-corrected chi connectivity index (χ3v) is 10.7. The topological polar surface area (TPSA) is 56.7 Å². The molecule has 0 atom stereocenters. The molecule has 0 aliphatic carbocycles. The smallest absolute Gasteiger partial charge is 0.167 e. The van der Waals surface area contributed by atoms with E-state index in [0.29, 0.717) is 33.6 Å². The molecule has 5 nitrogen and oxygen atoms in total. The first-order valence-electron chi connectivity index (χ1n) is 18.2. The Morgan fingerprint density at radius 2 is 1.00 bits per heavy atom. The van der Waals surface area contributed by atoms with Crippen molar-refractivity contribution in [2.45, 2.75) is 0 Å². The Bertz CT molecular complexity index is 3260. The van der Waals surface area contributed by atoms with E-state index in [4.69, 9.17) is 31.0 Å². The van der Waals surface area contributed by atoms with Gasteiger partial charge in [0.2, 0.25) is 0 Å². The van der Waals surface area contributed by atoms with Crippen molar-refractivity contribution < 1.29 is 4.42 Å². The molecule has 0 spiro atoms. The van der Waals surface area contributed by atoms with E-state index in [1.54, 1.807) is 0 Å². The second kappa shape index (κ2) is 12.5. The summed E-state index contributed by atoms with van der Waals surface area (Å²) in [5.74, 6) is 1.58. The van der Waals surface area contributed by atoms with E-state index in [-0.39, 0.29) is 0 Å². The SMILES string of the molecule is Clc1cc(-c2nc(-c3ccc(-c4ccccc4)cc3)nc(-c3ccc4c5ccccc5n(-c5ccccc5)c4c3)n2)c2oc3c4ccccc4ccc3c2c1. The summed E-state index contributed by atoms with van der Waals surface area (Å²) in [6.07, 6.45) is 0. The predicted molar refractivity (Wildman–Crippen MR) is 226 cm³/mol. The molecule has 11 aromatic rings. The number of nitrogens with zero attached hydrogens (tertiary/aromatic N) is 4. The standard InChI is InChI=1S/C49H29ClN4O/c50-35-28-41-40-26-23-32-13-7-8-16-37(32)45(40)55-46(41)42(29-35)49-52-47(33-21-19-31(20-22-33)30-11-3-1-4-12-30)51-48(53-49)34-24-25-39-38-17-9-10-18-43(38)54(44(39)27-34)36-14-5-2-6-15-36/h1-29H. The van der Waals surface area contributed by atoms with Gasteiger partial charge in [-0.05, 0) is 59.0 Å². The lowest BCUT2D eigenvalue weighted by Gasteiger charge is -2.11. The lowest BCUT2D eigenvalue weighted by molar-refractivity contribution is 0.673. The summed E-state index contributed by atoms with van der Waals surface area (Å²) in [6.45, 7) is 0. The molecule has 3 aromatic heterocycles. The van der Waals surface area contributed by atoms with Crippen LogP contribution in [-0.4, -0.2) is 19.5 Å². The fraction of sp³-hybridized carbons (Fsp3) is 0. The van der Waals surface area contributed by atoms with Crippen molar-refractivity contribution in [2.75, 3.05) is 0 Å². The minimum Gasteiger partial charge on any atom is -0.455 e. The molecule has 0 saturated heterocycles. The van der Waals surface area contributed by atoms with Crippen LogP contribution in [0.1, 0.15) is 0 Å². The van der Waals surface area contributed by atoms with Crippen molar-refractivity contribution >= 4 is 66.1 Å². The minimum absolute atomic E-state index is 0.478. The van der Waals surface area contributed by atoms with Gasteiger partial charge in [-0.2, -0.15) is 0 Å². The first-order valence-corrected chi connectivity index (χ1v) is 18.6. The summed E-state index contributed by atoms with van der Waals surface area (Å²) in [4.78, 5) is 15.5. The summed E-state index contributed by atoms with van der Waals surface area (Å²) in [5.41, 5.74) is 9.47. The van der Waals surface area contributed by atoms with Crippen LogP contribution >= 0.6 is 11.6 Å². The van der Waals surface area contributed by atoms with Gasteiger partial charge in [-0.3, -0.25) is 0 Å². The van der Waals surface area contributed by atoms with Crippen molar-refractivity contribution in [3.63, 3.8) is 0 Å². The van der Waals surface area contributed by atoms with Gasteiger partial charge < -0.3 is 8.98 Å². The molecule has 55 heavy (non-hydrogen) atoms.